The zero-order valence-electron chi connectivity index (χ0n) is 13.6. The number of rotatable bonds is 6. The first kappa shape index (κ1) is 19.1. The summed E-state index contributed by atoms with van der Waals surface area (Å²) in [5.41, 5.74) is 0.184. The maximum atomic E-state index is 14.2. The molecule has 1 N–H and O–H groups in total. The first-order chi connectivity index (χ1) is 11.7. The van der Waals surface area contributed by atoms with Crippen LogP contribution in [0.15, 0.2) is 35.2 Å². The summed E-state index contributed by atoms with van der Waals surface area (Å²) >= 11 is 0. The molecule has 0 heterocycles. The number of benzene rings is 2. The molecule has 0 aliphatic carbocycles. The molecule has 9 heteroatoms. The van der Waals surface area contributed by atoms with Crippen LogP contribution in [0.25, 0.3) is 0 Å². The molecule has 0 saturated carbocycles. The molecular formula is C16H16F3NO4S. The molecule has 0 bridgehead atoms. The van der Waals surface area contributed by atoms with Gasteiger partial charge in [0.2, 0.25) is 10.0 Å². The third-order valence-electron chi connectivity index (χ3n) is 3.50. The lowest BCUT2D eigenvalue weighted by Crippen LogP contribution is -2.27. The van der Waals surface area contributed by atoms with E-state index in [-0.39, 0.29) is 17.1 Å². The lowest BCUT2D eigenvalue weighted by atomic mass is 10.1. The Morgan fingerprint density at radius 3 is 2.08 bits per heavy atom. The standard InChI is InChI=1S/C16H16F3NO4S/c1-9(10-4-5-11(17)12(18)6-10)20-25(21,22)16-8-15(24-3)14(23-2)7-13(16)19/h4-9,20H,1-3H3. The third-order valence-corrected chi connectivity index (χ3v) is 5.06. The van der Waals surface area contributed by atoms with Crippen LogP contribution in [0.4, 0.5) is 13.2 Å². The molecular weight excluding hydrogens is 359 g/mol. The van der Waals surface area contributed by atoms with Crippen molar-refractivity contribution in [3.8, 4) is 11.5 Å². The van der Waals surface area contributed by atoms with Crippen LogP contribution in [0.2, 0.25) is 0 Å². The van der Waals surface area contributed by atoms with Gasteiger partial charge in [-0.05, 0) is 24.6 Å². The molecule has 1 unspecified atom stereocenters. The van der Waals surface area contributed by atoms with Crippen LogP contribution in [0, 0.1) is 17.5 Å². The van der Waals surface area contributed by atoms with Crippen LogP contribution in [0.3, 0.4) is 0 Å². The number of halogens is 3. The van der Waals surface area contributed by atoms with E-state index in [2.05, 4.69) is 4.72 Å². The second-order valence-electron chi connectivity index (χ2n) is 5.15. The van der Waals surface area contributed by atoms with Crippen molar-refractivity contribution in [1.29, 1.82) is 0 Å². The Kier molecular flexibility index (Phi) is 5.58. The third kappa shape index (κ3) is 4.05. The minimum absolute atomic E-state index is 0.0322. The van der Waals surface area contributed by atoms with Gasteiger partial charge in [0.25, 0.3) is 0 Å². The fraction of sp³-hybridized carbons (Fsp3) is 0.250. The summed E-state index contributed by atoms with van der Waals surface area (Å²) in [6, 6.07) is 3.92. The van der Waals surface area contributed by atoms with Crippen molar-refractivity contribution in [3.63, 3.8) is 0 Å². The van der Waals surface area contributed by atoms with E-state index in [1.807, 2.05) is 0 Å². The fourth-order valence-corrected chi connectivity index (χ4v) is 3.49. The minimum atomic E-state index is -4.30. The summed E-state index contributed by atoms with van der Waals surface area (Å²) in [6.45, 7) is 1.42. The topological polar surface area (TPSA) is 64.6 Å². The summed E-state index contributed by atoms with van der Waals surface area (Å²) in [4.78, 5) is -0.653. The van der Waals surface area contributed by atoms with Crippen molar-refractivity contribution in [2.45, 2.75) is 17.9 Å². The molecule has 0 fully saturated rings. The van der Waals surface area contributed by atoms with Gasteiger partial charge in [-0.25, -0.2) is 26.3 Å². The van der Waals surface area contributed by atoms with Crippen molar-refractivity contribution in [1.82, 2.24) is 4.72 Å². The molecule has 0 amide bonds. The Hall–Kier alpha value is -2.26. The molecule has 2 aromatic carbocycles. The molecule has 0 aliphatic heterocycles. The van der Waals surface area contributed by atoms with Gasteiger partial charge in [-0.15, -0.1) is 0 Å². The first-order valence-corrected chi connectivity index (χ1v) is 8.56. The van der Waals surface area contributed by atoms with E-state index in [0.717, 1.165) is 24.3 Å². The molecule has 5 nitrogen and oxygen atoms in total. The molecule has 25 heavy (non-hydrogen) atoms. The molecule has 0 saturated heterocycles. The van der Waals surface area contributed by atoms with Crippen LogP contribution in [0.5, 0.6) is 11.5 Å². The lowest BCUT2D eigenvalue weighted by Gasteiger charge is -2.16. The van der Waals surface area contributed by atoms with Gasteiger partial charge in [-0.3, -0.25) is 0 Å². The van der Waals surface area contributed by atoms with Gasteiger partial charge in [-0.1, -0.05) is 6.07 Å². The van der Waals surface area contributed by atoms with Gasteiger partial charge in [0.15, 0.2) is 23.1 Å². The highest BCUT2D eigenvalue weighted by Gasteiger charge is 2.25. The number of nitrogens with one attached hydrogen (secondary N) is 1. The summed E-state index contributed by atoms with van der Waals surface area (Å²) in [5.74, 6) is -3.13. The summed E-state index contributed by atoms with van der Waals surface area (Å²) < 4.78 is 77.4. The Bertz CT molecular complexity index is 887. The van der Waals surface area contributed by atoms with Gasteiger partial charge >= 0.3 is 0 Å². The molecule has 1 atom stereocenters. The maximum Gasteiger partial charge on any atom is 0.244 e. The summed E-state index contributed by atoms with van der Waals surface area (Å²) in [5, 5.41) is 0. The monoisotopic (exact) mass is 375 g/mol. The Labute approximate surface area is 143 Å². The molecule has 0 aliphatic rings. The SMILES string of the molecule is COc1cc(F)c(S(=O)(=O)NC(C)c2ccc(F)c(F)c2)cc1OC. The van der Waals surface area contributed by atoms with Gasteiger partial charge in [0.1, 0.15) is 10.7 Å². The maximum absolute atomic E-state index is 14.2. The Morgan fingerprint density at radius 1 is 0.920 bits per heavy atom. The van der Waals surface area contributed by atoms with E-state index in [4.69, 9.17) is 9.47 Å². The average Bonchev–Trinajstić information content (AvgIpc) is 2.56. The normalized spacial score (nSPS) is 12.7. The largest absolute Gasteiger partial charge is 0.493 e. The highest BCUT2D eigenvalue weighted by atomic mass is 32.2. The number of hydrogen-bond acceptors (Lipinski definition) is 4. The molecule has 0 aromatic heterocycles. The van der Waals surface area contributed by atoms with E-state index in [1.54, 1.807) is 0 Å². The van der Waals surface area contributed by atoms with Gasteiger partial charge in [-0.2, -0.15) is 0 Å². The lowest BCUT2D eigenvalue weighted by molar-refractivity contribution is 0.350. The minimum Gasteiger partial charge on any atom is -0.493 e. The zero-order chi connectivity index (χ0) is 18.8. The summed E-state index contributed by atoms with van der Waals surface area (Å²) in [7, 11) is -1.73. The van der Waals surface area contributed by atoms with E-state index in [1.165, 1.54) is 27.2 Å². The number of sulfonamides is 1. The van der Waals surface area contributed by atoms with Crippen LogP contribution in [0.1, 0.15) is 18.5 Å². The highest BCUT2D eigenvalue weighted by Crippen LogP contribution is 2.32. The summed E-state index contributed by atoms with van der Waals surface area (Å²) in [6.07, 6.45) is 0. The predicted molar refractivity (Wildman–Crippen MR) is 84.6 cm³/mol. The van der Waals surface area contributed by atoms with E-state index in [9.17, 15) is 21.6 Å². The predicted octanol–water partition coefficient (Wildman–Crippen LogP) is 3.16. The molecule has 0 radical (unpaired) electrons. The van der Waals surface area contributed by atoms with Crippen LogP contribution >= 0.6 is 0 Å². The Morgan fingerprint density at radius 2 is 1.52 bits per heavy atom. The average molecular weight is 375 g/mol. The van der Waals surface area contributed by atoms with Gasteiger partial charge in [0, 0.05) is 18.2 Å². The van der Waals surface area contributed by atoms with Crippen molar-refractivity contribution < 1.29 is 31.1 Å². The van der Waals surface area contributed by atoms with Gasteiger partial charge < -0.3 is 9.47 Å². The second-order valence-corrected chi connectivity index (χ2v) is 6.84. The molecule has 2 rings (SSSR count). The van der Waals surface area contributed by atoms with Crippen molar-refractivity contribution >= 4 is 10.0 Å². The number of methoxy groups -OCH3 is 2. The number of hydrogen-bond donors (Lipinski definition) is 1. The number of ether oxygens (including phenoxy) is 2. The van der Waals surface area contributed by atoms with Crippen LogP contribution < -0.4 is 14.2 Å². The molecule has 2 aromatic rings. The van der Waals surface area contributed by atoms with Crippen LogP contribution in [-0.2, 0) is 10.0 Å². The molecule has 136 valence electrons. The van der Waals surface area contributed by atoms with Gasteiger partial charge in [0.05, 0.1) is 14.2 Å². The van der Waals surface area contributed by atoms with E-state index < -0.39 is 38.4 Å². The molecule has 0 spiro atoms. The Balaban J connectivity index is 2.37. The zero-order valence-corrected chi connectivity index (χ0v) is 14.5. The highest BCUT2D eigenvalue weighted by molar-refractivity contribution is 7.89. The van der Waals surface area contributed by atoms with Crippen molar-refractivity contribution in [3.05, 3.63) is 53.3 Å². The van der Waals surface area contributed by atoms with Crippen molar-refractivity contribution in [2.24, 2.45) is 0 Å². The fourth-order valence-electron chi connectivity index (χ4n) is 2.19. The van der Waals surface area contributed by atoms with E-state index in [0.29, 0.717) is 0 Å². The van der Waals surface area contributed by atoms with E-state index >= 15 is 0 Å². The smallest absolute Gasteiger partial charge is 0.244 e. The quantitative estimate of drug-likeness (QED) is 0.842. The van der Waals surface area contributed by atoms with Crippen LogP contribution in [-0.4, -0.2) is 22.6 Å². The second kappa shape index (κ2) is 7.32. The van der Waals surface area contributed by atoms with Crippen molar-refractivity contribution in [2.75, 3.05) is 14.2 Å². The first-order valence-electron chi connectivity index (χ1n) is 7.08.